The zero-order chi connectivity index (χ0) is 44.5. The van der Waals surface area contributed by atoms with Gasteiger partial charge in [-0.15, -0.1) is 23.1 Å². The van der Waals surface area contributed by atoms with E-state index in [4.69, 9.17) is 14.3 Å². The summed E-state index contributed by atoms with van der Waals surface area (Å²) in [7, 11) is -5.33. The quantitative estimate of drug-likeness (QED) is 0.0360. The molecule has 330 valence electrons. The summed E-state index contributed by atoms with van der Waals surface area (Å²) in [5, 5.41) is 19.3. The largest absolute Gasteiger partial charge is 0.731 e. The molecule has 2 aliphatic heterocycles. The van der Waals surface area contributed by atoms with Gasteiger partial charge in [0.2, 0.25) is 11.9 Å². The molecule has 2 fully saturated rings. The van der Waals surface area contributed by atoms with Crippen molar-refractivity contribution in [2.24, 2.45) is 5.16 Å². The number of hydrogen-bond acceptors (Lipinski definition) is 17. The maximum atomic E-state index is 14.2. The first kappa shape index (κ1) is 43.4. The van der Waals surface area contributed by atoms with Crippen LogP contribution in [-0.2, 0) is 64.4 Å². The number of fused-ring (bicyclic) bond motifs is 1. The molecule has 24 heteroatoms. The predicted octanol–water partition coefficient (Wildman–Crippen LogP) is 2.32. The summed E-state index contributed by atoms with van der Waals surface area (Å²) in [6.45, 7) is 6.17. The number of carbonyl (C=O) groups is 4. The van der Waals surface area contributed by atoms with Gasteiger partial charge in [-0.05, 0) is 36.9 Å². The van der Waals surface area contributed by atoms with Gasteiger partial charge in [-0.3, -0.25) is 14.9 Å². The average Bonchev–Trinajstić information content (AvgIpc) is 3.62. The number of β-lactam (4-membered cyclic amide) rings is 1. The summed E-state index contributed by atoms with van der Waals surface area (Å²) < 4.78 is 52.3. The van der Waals surface area contributed by atoms with Crippen LogP contribution in [0.2, 0.25) is 0 Å². The van der Waals surface area contributed by atoms with Gasteiger partial charge in [0.25, 0.3) is 11.8 Å². The summed E-state index contributed by atoms with van der Waals surface area (Å²) in [5.41, 5.74) is -1.13. The number of esters is 1. The Morgan fingerprint density at radius 1 is 1.10 bits per heavy atom. The molecule has 2 aromatic carbocycles. The number of benzene rings is 2. The molecule has 1 aliphatic carbocycles. The minimum atomic E-state index is -5.33. The molecular weight excluding hydrogens is 879 g/mol. The molecule has 5 aromatic rings. The average molecular weight is 920 g/mol. The van der Waals surface area contributed by atoms with Crippen molar-refractivity contribution >= 4 is 68.1 Å². The van der Waals surface area contributed by atoms with Crippen LogP contribution in [0.15, 0.2) is 90.1 Å². The fraction of sp³-hybridized carbons (Fsp3) is 0.385. The van der Waals surface area contributed by atoms with Gasteiger partial charge in [-0.1, -0.05) is 65.8 Å². The number of oxime groups is 1. The van der Waals surface area contributed by atoms with Gasteiger partial charge < -0.3 is 24.2 Å². The van der Waals surface area contributed by atoms with Crippen LogP contribution in [-0.4, -0.2) is 105 Å². The molecule has 2 atom stereocenters. The van der Waals surface area contributed by atoms with Gasteiger partial charge in [0.15, 0.2) is 27.3 Å². The van der Waals surface area contributed by atoms with Gasteiger partial charge in [-0.25, -0.2) is 27.3 Å². The SMILES string of the molecule is CC(C)(C)OC(=O)Nc1nc(/C(=N/OC2(C(=O)OC(c3ccccc3)c3ccccc3)CC2)C(=O)N[C@@H]2C(=O)N(S(=O)(=O)[O-])[C@@H]2Cn2ncc(CSC3Cn4cnc[n+]4C3)n2)cs1. The fourth-order valence-corrected chi connectivity index (χ4v) is 9.40. The topological polar surface area (TPSA) is 258 Å². The lowest BCUT2D eigenvalue weighted by molar-refractivity contribution is -0.758. The van der Waals surface area contributed by atoms with Crippen molar-refractivity contribution in [1.29, 1.82) is 0 Å². The van der Waals surface area contributed by atoms with Gasteiger partial charge in [0.05, 0.1) is 36.3 Å². The van der Waals surface area contributed by atoms with Crippen molar-refractivity contribution in [3.05, 3.63) is 107 Å². The highest BCUT2D eigenvalue weighted by atomic mass is 32.2. The van der Waals surface area contributed by atoms with Crippen LogP contribution in [0.4, 0.5) is 9.93 Å². The second-order valence-corrected chi connectivity index (χ2v) is 19.3. The van der Waals surface area contributed by atoms with Crippen LogP contribution in [0, 0.1) is 0 Å². The Labute approximate surface area is 368 Å². The van der Waals surface area contributed by atoms with Crippen molar-refractivity contribution in [2.75, 3.05) is 5.32 Å². The smallest absolute Gasteiger partial charge is 0.413 e. The van der Waals surface area contributed by atoms with E-state index in [-0.39, 0.29) is 39.8 Å². The van der Waals surface area contributed by atoms with Gasteiger partial charge in [-0.2, -0.15) is 24.4 Å². The number of nitrogens with zero attached hydrogens (tertiary/aromatic N) is 9. The Balaban J connectivity index is 1.01. The first-order valence-corrected chi connectivity index (χ1v) is 22.9. The minimum absolute atomic E-state index is 0.00628. The summed E-state index contributed by atoms with van der Waals surface area (Å²) in [6, 6.07) is 15.2. The number of hydrogen-bond donors (Lipinski definition) is 2. The zero-order valence-electron chi connectivity index (χ0n) is 34.0. The van der Waals surface area contributed by atoms with Crippen LogP contribution in [0.1, 0.15) is 62.2 Å². The summed E-state index contributed by atoms with van der Waals surface area (Å²) in [5.74, 6) is -2.56. The zero-order valence-corrected chi connectivity index (χ0v) is 36.4. The number of amides is 3. The number of ether oxygens (including phenoxy) is 2. The van der Waals surface area contributed by atoms with Gasteiger partial charge >= 0.3 is 18.4 Å². The van der Waals surface area contributed by atoms with Crippen LogP contribution in [0.3, 0.4) is 0 Å². The number of carbonyl (C=O) groups excluding carboxylic acids is 4. The third-order valence-electron chi connectivity index (χ3n) is 10.00. The predicted molar refractivity (Wildman–Crippen MR) is 222 cm³/mol. The Bertz CT molecular complexity index is 2580. The maximum absolute atomic E-state index is 14.2. The molecule has 63 heavy (non-hydrogen) atoms. The van der Waals surface area contributed by atoms with E-state index in [1.807, 2.05) is 70.0 Å². The number of thiazole rings is 1. The van der Waals surface area contributed by atoms with Crippen LogP contribution >= 0.6 is 23.1 Å². The summed E-state index contributed by atoms with van der Waals surface area (Å²) in [6.07, 6.45) is 3.73. The number of aromatic nitrogens is 7. The molecule has 5 heterocycles. The summed E-state index contributed by atoms with van der Waals surface area (Å²) >= 11 is 2.56. The Hall–Kier alpha value is -6.24. The Morgan fingerprint density at radius 3 is 2.43 bits per heavy atom. The molecule has 0 radical (unpaired) electrons. The van der Waals surface area contributed by atoms with E-state index in [2.05, 4.69) is 36.0 Å². The van der Waals surface area contributed by atoms with Crippen molar-refractivity contribution < 1.29 is 51.1 Å². The van der Waals surface area contributed by atoms with E-state index < -0.39 is 69.3 Å². The van der Waals surface area contributed by atoms with E-state index in [1.165, 1.54) is 11.6 Å². The van der Waals surface area contributed by atoms with E-state index in [0.29, 0.717) is 22.6 Å². The molecule has 3 aliphatic rings. The highest BCUT2D eigenvalue weighted by Crippen LogP contribution is 2.43. The molecule has 8 rings (SSSR count). The van der Waals surface area contributed by atoms with E-state index in [9.17, 15) is 32.1 Å². The highest BCUT2D eigenvalue weighted by Gasteiger charge is 2.57. The molecule has 3 aromatic heterocycles. The lowest BCUT2D eigenvalue weighted by Gasteiger charge is -2.46. The van der Waals surface area contributed by atoms with Crippen molar-refractivity contribution in [3.8, 4) is 0 Å². The second-order valence-electron chi connectivity index (χ2n) is 15.9. The number of rotatable bonds is 16. The van der Waals surface area contributed by atoms with Crippen LogP contribution in [0.25, 0.3) is 0 Å². The standard InChI is InChI=1S/C39H41N11O10S3/c1-38(2,3)59-37(54)44-36-42-28(21-62-36)30(46-60-39(14-15-39)35(53)58-32(24-10-6-4-7-11-24)25-12-8-5-9-13-25)33(51)43-31-29(50(34(31)52)63(55,56)57)19-49-41-16-26(45-49)20-61-27-17-47-22-40-23-48(47)18-27/h4-13,16,21-23,27,29,31-32H,14-15,17-20H2,1-3H3,(H2-,42,43,44,51,54,55,56,57)/b46-30-/t29-,31+/m1/s1. The number of thioether (sulfide) groups is 1. The molecule has 1 saturated heterocycles. The monoisotopic (exact) mass is 919 g/mol. The van der Waals surface area contributed by atoms with Crippen molar-refractivity contribution in [3.63, 3.8) is 0 Å². The second kappa shape index (κ2) is 17.5. The Kier molecular flexibility index (Phi) is 12.1. The molecular formula is C39H41N11O10S3. The first-order valence-electron chi connectivity index (χ1n) is 19.6. The molecule has 21 nitrogen and oxygen atoms in total. The summed E-state index contributed by atoms with van der Waals surface area (Å²) in [4.78, 5) is 69.3. The molecule has 0 bridgehead atoms. The lowest BCUT2D eigenvalue weighted by Crippen LogP contribution is -2.73. The normalized spacial score (nSPS) is 19.3. The lowest BCUT2D eigenvalue weighted by atomic mass is 9.98. The first-order chi connectivity index (χ1) is 30.0. The Morgan fingerprint density at radius 2 is 1.79 bits per heavy atom. The minimum Gasteiger partial charge on any atom is -0.731 e. The van der Waals surface area contributed by atoms with E-state index in [0.717, 1.165) is 29.2 Å². The molecule has 2 N–H and O–H groups in total. The van der Waals surface area contributed by atoms with Crippen molar-refractivity contribution in [2.45, 2.75) is 93.6 Å². The van der Waals surface area contributed by atoms with Crippen LogP contribution in [0.5, 0.6) is 0 Å². The highest BCUT2D eigenvalue weighted by molar-refractivity contribution is 7.99. The third-order valence-corrected chi connectivity index (χ3v) is 12.9. The third kappa shape index (κ3) is 10.0. The van der Waals surface area contributed by atoms with Crippen LogP contribution < -0.4 is 15.3 Å². The molecule has 0 unspecified atom stereocenters. The van der Waals surface area contributed by atoms with E-state index in [1.54, 1.807) is 45.2 Å². The molecule has 0 spiro atoms. The molecule has 1 saturated carbocycles. The van der Waals surface area contributed by atoms with Crippen molar-refractivity contribution in [1.82, 2.24) is 39.3 Å². The fourth-order valence-electron chi connectivity index (χ4n) is 6.81. The molecule has 3 amide bonds. The van der Waals surface area contributed by atoms with E-state index >= 15 is 0 Å². The maximum Gasteiger partial charge on any atom is 0.413 e. The van der Waals surface area contributed by atoms with Gasteiger partial charge in [0, 0.05) is 24.0 Å². The number of nitrogens with one attached hydrogen (secondary N) is 2. The van der Waals surface area contributed by atoms with Gasteiger partial charge in [0.1, 0.15) is 23.9 Å². The number of anilines is 1.